The van der Waals surface area contributed by atoms with Gasteiger partial charge in [0.15, 0.2) is 0 Å². The SMILES string of the molecule is CC(CBr)CCC1CCCC1. The second-order valence-electron chi connectivity index (χ2n) is 3.99. The van der Waals surface area contributed by atoms with Crippen LogP contribution >= 0.6 is 15.9 Å². The number of hydrogen-bond acceptors (Lipinski definition) is 0. The Hall–Kier alpha value is 0.480. The van der Waals surface area contributed by atoms with Crippen LogP contribution in [0.25, 0.3) is 0 Å². The largest absolute Gasteiger partial charge is 0.0925 e. The zero-order chi connectivity index (χ0) is 8.10. The second kappa shape index (κ2) is 5.18. The highest BCUT2D eigenvalue weighted by Crippen LogP contribution is 2.29. The first-order valence-corrected chi connectivity index (χ1v) is 6.01. The molecule has 1 unspecified atom stereocenters. The molecule has 1 atom stereocenters. The lowest BCUT2D eigenvalue weighted by atomic mass is 9.97. The van der Waals surface area contributed by atoms with Gasteiger partial charge < -0.3 is 0 Å². The van der Waals surface area contributed by atoms with E-state index in [0.717, 1.165) is 11.8 Å². The Kier molecular flexibility index (Phi) is 4.51. The van der Waals surface area contributed by atoms with Crippen LogP contribution in [0.1, 0.15) is 45.4 Å². The molecule has 0 spiro atoms. The minimum Gasteiger partial charge on any atom is -0.0925 e. The van der Waals surface area contributed by atoms with Crippen LogP contribution in [0, 0.1) is 11.8 Å². The van der Waals surface area contributed by atoms with Crippen LogP contribution in [0.15, 0.2) is 0 Å². The van der Waals surface area contributed by atoms with E-state index in [2.05, 4.69) is 22.9 Å². The molecule has 0 radical (unpaired) electrons. The van der Waals surface area contributed by atoms with Gasteiger partial charge in [0, 0.05) is 5.33 Å². The van der Waals surface area contributed by atoms with Crippen molar-refractivity contribution in [2.24, 2.45) is 11.8 Å². The van der Waals surface area contributed by atoms with Gasteiger partial charge in [-0.1, -0.05) is 55.0 Å². The van der Waals surface area contributed by atoms with Gasteiger partial charge in [-0.05, 0) is 18.3 Å². The van der Waals surface area contributed by atoms with Gasteiger partial charge in [0.25, 0.3) is 0 Å². The summed E-state index contributed by atoms with van der Waals surface area (Å²) >= 11 is 3.52. The van der Waals surface area contributed by atoms with Crippen molar-refractivity contribution >= 4 is 15.9 Å². The van der Waals surface area contributed by atoms with Crippen LogP contribution in [-0.4, -0.2) is 5.33 Å². The fourth-order valence-electron chi connectivity index (χ4n) is 1.90. The van der Waals surface area contributed by atoms with E-state index in [1.54, 1.807) is 0 Å². The highest BCUT2D eigenvalue weighted by atomic mass is 79.9. The van der Waals surface area contributed by atoms with E-state index >= 15 is 0 Å². The number of hydrogen-bond donors (Lipinski definition) is 0. The molecule has 1 saturated carbocycles. The Morgan fingerprint density at radius 1 is 1.36 bits per heavy atom. The van der Waals surface area contributed by atoms with Crippen LogP contribution in [0.2, 0.25) is 0 Å². The molecule has 1 rings (SSSR count). The van der Waals surface area contributed by atoms with Gasteiger partial charge in [-0.25, -0.2) is 0 Å². The Morgan fingerprint density at radius 3 is 2.55 bits per heavy atom. The van der Waals surface area contributed by atoms with Crippen molar-refractivity contribution in [3.63, 3.8) is 0 Å². The summed E-state index contributed by atoms with van der Waals surface area (Å²) in [4.78, 5) is 0. The fourth-order valence-corrected chi connectivity index (χ4v) is 2.22. The van der Waals surface area contributed by atoms with Crippen LogP contribution in [-0.2, 0) is 0 Å². The monoisotopic (exact) mass is 218 g/mol. The maximum Gasteiger partial charge on any atom is 0.00570 e. The third kappa shape index (κ3) is 3.59. The molecule has 1 heteroatoms. The normalized spacial score (nSPS) is 22.4. The Morgan fingerprint density at radius 2 is 2.00 bits per heavy atom. The molecule has 0 heterocycles. The molecule has 0 N–H and O–H groups in total. The van der Waals surface area contributed by atoms with Crippen LogP contribution in [0.3, 0.4) is 0 Å². The van der Waals surface area contributed by atoms with E-state index in [0.29, 0.717) is 0 Å². The van der Waals surface area contributed by atoms with Crippen molar-refractivity contribution < 1.29 is 0 Å². The molecular formula is C10H19Br. The average Bonchev–Trinajstić information content (AvgIpc) is 2.52. The van der Waals surface area contributed by atoms with Crippen molar-refractivity contribution in [1.82, 2.24) is 0 Å². The summed E-state index contributed by atoms with van der Waals surface area (Å²) in [5.74, 6) is 1.96. The first-order valence-electron chi connectivity index (χ1n) is 4.89. The minimum atomic E-state index is 0.885. The van der Waals surface area contributed by atoms with Gasteiger partial charge in [0.2, 0.25) is 0 Å². The highest BCUT2D eigenvalue weighted by Gasteiger charge is 2.15. The molecule has 1 aliphatic carbocycles. The maximum absolute atomic E-state index is 3.52. The Labute approximate surface area is 78.9 Å². The molecule has 66 valence electrons. The predicted molar refractivity (Wildman–Crippen MR) is 54.2 cm³/mol. The van der Waals surface area contributed by atoms with Gasteiger partial charge in [0.1, 0.15) is 0 Å². The molecule has 0 aliphatic heterocycles. The van der Waals surface area contributed by atoms with Gasteiger partial charge >= 0.3 is 0 Å². The van der Waals surface area contributed by atoms with E-state index < -0.39 is 0 Å². The van der Waals surface area contributed by atoms with Crippen molar-refractivity contribution in [2.45, 2.75) is 45.4 Å². The summed E-state index contributed by atoms with van der Waals surface area (Å²) in [6.07, 6.45) is 8.91. The molecule has 0 saturated heterocycles. The van der Waals surface area contributed by atoms with E-state index in [4.69, 9.17) is 0 Å². The van der Waals surface area contributed by atoms with E-state index in [1.807, 2.05) is 0 Å². The lowest BCUT2D eigenvalue weighted by molar-refractivity contribution is 0.436. The molecule has 0 aromatic carbocycles. The van der Waals surface area contributed by atoms with Crippen molar-refractivity contribution in [1.29, 1.82) is 0 Å². The molecule has 1 aliphatic rings. The van der Waals surface area contributed by atoms with Crippen LogP contribution < -0.4 is 0 Å². The molecule has 11 heavy (non-hydrogen) atoms. The first-order chi connectivity index (χ1) is 5.33. The van der Waals surface area contributed by atoms with Crippen molar-refractivity contribution in [3.8, 4) is 0 Å². The molecule has 1 fully saturated rings. The van der Waals surface area contributed by atoms with Crippen molar-refractivity contribution in [2.75, 3.05) is 5.33 Å². The average molecular weight is 219 g/mol. The molecular weight excluding hydrogens is 200 g/mol. The Balaban J connectivity index is 2.01. The standard InChI is InChI=1S/C10H19Br/c1-9(8-11)6-7-10-4-2-3-5-10/h9-10H,2-8H2,1H3. The van der Waals surface area contributed by atoms with Gasteiger partial charge in [-0.2, -0.15) is 0 Å². The highest BCUT2D eigenvalue weighted by molar-refractivity contribution is 9.09. The molecule has 0 aromatic rings. The van der Waals surface area contributed by atoms with Crippen molar-refractivity contribution in [3.05, 3.63) is 0 Å². The first kappa shape index (κ1) is 9.57. The predicted octanol–water partition coefficient (Wildman–Crippen LogP) is 3.99. The van der Waals surface area contributed by atoms with E-state index in [9.17, 15) is 0 Å². The summed E-state index contributed by atoms with van der Waals surface area (Å²) in [6, 6.07) is 0. The summed E-state index contributed by atoms with van der Waals surface area (Å²) in [5, 5.41) is 1.18. The topological polar surface area (TPSA) is 0 Å². The van der Waals surface area contributed by atoms with Gasteiger partial charge in [-0.3, -0.25) is 0 Å². The summed E-state index contributed by atoms with van der Waals surface area (Å²) in [5.41, 5.74) is 0. The fraction of sp³-hybridized carbons (Fsp3) is 1.00. The number of halogens is 1. The molecule has 0 amide bonds. The molecule has 0 aromatic heterocycles. The lowest BCUT2D eigenvalue weighted by Crippen LogP contribution is -2.00. The summed E-state index contributed by atoms with van der Waals surface area (Å²) < 4.78 is 0. The van der Waals surface area contributed by atoms with E-state index in [1.165, 1.54) is 43.9 Å². The quantitative estimate of drug-likeness (QED) is 0.627. The molecule has 0 bridgehead atoms. The minimum absolute atomic E-state index is 0.885. The number of rotatable bonds is 4. The zero-order valence-electron chi connectivity index (χ0n) is 7.48. The summed E-state index contributed by atoms with van der Waals surface area (Å²) in [6.45, 7) is 2.34. The number of alkyl halides is 1. The van der Waals surface area contributed by atoms with Gasteiger partial charge in [-0.15, -0.1) is 0 Å². The third-order valence-electron chi connectivity index (χ3n) is 2.81. The molecule has 0 nitrogen and oxygen atoms in total. The van der Waals surface area contributed by atoms with Gasteiger partial charge in [0.05, 0.1) is 0 Å². The summed E-state index contributed by atoms with van der Waals surface area (Å²) in [7, 11) is 0. The van der Waals surface area contributed by atoms with E-state index in [-0.39, 0.29) is 0 Å². The third-order valence-corrected chi connectivity index (χ3v) is 3.91. The second-order valence-corrected chi connectivity index (χ2v) is 4.63. The van der Waals surface area contributed by atoms with Crippen LogP contribution in [0.4, 0.5) is 0 Å². The lowest BCUT2D eigenvalue weighted by Gasteiger charge is -2.11. The maximum atomic E-state index is 3.52. The van der Waals surface area contributed by atoms with Crippen LogP contribution in [0.5, 0.6) is 0 Å². The Bertz CT molecular complexity index is 95.0. The zero-order valence-corrected chi connectivity index (χ0v) is 9.07. The smallest absolute Gasteiger partial charge is 0.00570 e.